The van der Waals surface area contributed by atoms with Gasteiger partial charge in [-0.1, -0.05) is 19.3 Å². The summed E-state index contributed by atoms with van der Waals surface area (Å²) in [6, 6.07) is 4.29. The van der Waals surface area contributed by atoms with Gasteiger partial charge in [-0.25, -0.2) is 0 Å². The summed E-state index contributed by atoms with van der Waals surface area (Å²) in [5.41, 5.74) is 3.70. The fourth-order valence-electron chi connectivity index (χ4n) is 3.56. The maximum Gasteiger partial charge on any atom is 0.276 e. The summed E-state index contributed by atoms with van der Waals surface area (Å²) >= 11 is 5.42. The van der Waals surface area contributed by atoms with E-state index < -0.39 is 0 Å². The van der Waals surface area contributed by atoms with Gasteiger partial charge < -0.3 is 10.1 Å². The molecule has 1 aromatic carbocycles. The Labute approximate surface area is 148 Å². The van der Waals surface area contributed by atoms with Gasteiger partial charge in [0.2, 0.25) is 0 Å². The van der Waals surface area contributed by atoms with Crippen LogP contribution in [0.1, 0.15) is 48.8 Å². The highest BCUT2D eigenvalue weighted by Crippen LogP contribution is 2.28. The van der Waals surface area contributed by atoms with Crippen molar-refractivity contribution in [2.45, 2.75) is 52.0 Å². The summed E-state index contributed by atoms with van der Waals surface area (Å²) in [5, 5.41) is 3.66. The lowest BCUT2D eigenvalue weighted by Gasteiger charge is -2.29. The van der Waals surface area contributed by atoms with Gasteiger partial charge >= 0.3 is 0 Å². The van der Waals surface area contributed by atoms with E-state index in [1.165, 1.54) is 19.3 Å². The second-order valence-electron chi connectivity index (χ2n) is 6.63. The van der Waals surface area contributed by atoms with Crippen LogP contribution >= 0.6 is 12.2 Å². The Morgan fingerprint density at radius 2 is 1.92 bits per heavy atom. The van der Waals surface area contributed by atoms with E-state index in [2.05, 4.69) is 5.32 Å². The van der Waals surface area contributed by atoms with Crippen LogP contribution in [0, 0.1) is 13.8 Å². The van der Waals surface area contributed by atoms with Crippen LogP contribution in [0.2, 0.25) is 0 Å². The van der Waals surface area contributed by atoms with E-state index >= 15 is 0 Å². The number of methoxy groups -OCH3 is 1. The maximum absolute atomic E-state index is 12.8. The third kappa shape index (κ3) is 3.18. The van der Waals surface area contributed by atoms with Crippen LogP contribution in [0.4, 0.5) is 0 Å². The molecule has 0 atom stereocenters. The molecule has 24 heavy (non-hydrogen) atoms. The fraction of sp³-hybridized carbons (Fsp3) is 0.474. The number of ether oxygens (including phenoxy) is 1. The number of nitrogens with one attached hydrogen (secondary N) is 1. The number of hydrogen-bond acceptors (Lipinski definition) is 3. The Bertz CT molecular complexity index is 706. The van der Waals surface area contributed by atoms with Crippen molar-refractivity contribution in [2.75, 3.05) is 7.11 Å². The molecule has 1 aliphatic carbocycles. The normalized spacial score (nSPS) is 20.6. The van der Waals surface area contributed by atoms with Crippen LogP contribution in [0.3, 0.4) is 0 Å². The van der Waals surface area contributed by atoms with Crippen molar-refractivity contribution in [1.29, 1.82) is 0 Å². The van der Waals surface area contributed by atoms with Gasteiger partial charge in [-0.3, -0.25) is 9.69 Å². The van der Waals surface area contributed by atoms with Crippen molar-refractivity contribution < 1.29 is 9.53 Å². The first kappa shape index (κ1) is 17.0. The molecule has 1 heterocycles. The Balaban J connectivity index is 1.87. The summed E-state index contributed by atoms with van der Waals surface area (Å²) < 4.78 is 5.35. The summed E-state index contributed by atoms with van der Waals surface area (Å²) in [4.78, 5) is 14.6. The Morgan fingerprint density at radius 3 is 2.58 bits per heavy atom. The lowest BCUT2D eigenvalue weighted by molar-refractivity contribution is -0.124. The largest absolute Gasteiger partial charge is 0.496 e. The molecule has 5 heteroatoms. The molecule has 0 unspecified atom stereocenters. The molecule has 2 fully saturated rings. The Morgan fingerprint density at radius 1 is 1.21 bits per heavy atom. The molecule has 0 bridgehead atoms. The predicted octanol–water partition coefficient (Wildman–Crippen LogP) is 3.70. The third-order valence-corrected chi connectivity index (χ3v) is 5.23. The van der Waals surface area contributed by atoms with E-state index in [-0.39, 0.29) is 11.9 Å². The molecule has 2 aliphatic rings. The van der Waals surface area contributed by atoms with Gasteiger partial charge in [-0.15, -0.1) is 0 Å². The summed E-state index contributed by atoms with van der Waals surface area (Å²) in [7, 11) is 1.67. The van der Waals surface area contributed by atoms with E-state index in [0.717, 1.165) is 35.3 Å². The molecule has 0 spiro atoms. The monoisotopic (exact) mass is 344 g/mol. The minimum absolute atomic E-state index is 0.000212. The van der Waals surface area contributed by atoms with E-state index in [4.69, 9.17) is 17.0 Å². The van der Waals surface area contributed by atoms with Crippen molar-refractivity contribution in [2.24, 2.45) is 0 Å². The van der Waals surface area contributed by atoms with Gasteiger partial charge in [0.25, 0.3) is 5.91 Å². The van der Waals surface area contributed by atoms with Crippen LogP contribution in [0.5, 0.6) is 5.75 Å². The molecule has 1 saturated carbocycles. The quantitative estimate of drug-likeness (QED) is 0.670. The number of nitrogens with zero attached hydrogens (tertiary/aromatic N) is 1. The van der Waals surface area contributed by atoms with E-state index in [9.17, 15) is 4.79 Å². The Hall–Kier alpha value is -1.88. The number of amides is 1. The van der Waals surface area contributed by atoms with Crippen LogP contribution in [0.15, 0.2) is 17.8 Å². The molecular weight excluding hydrogens is 320 g/mol. The molecule has 4 nitrogen and oxygen atoms in total. The van der Waals surface area contributed by atoms with E-state index in [1.54, 1.807) is 12.0 Å². The van der Waals surface area contributed by atoms with Crippen molar-refractivity contribution >= 4 is 29.3 Å². The molecule has 0 radical (unpaired) electrons. The van der Waals surface area contributed by atoms with E-state index in [0.29, 0.717) is 10.8 Å². The average Bonchev–Trinajstić information content (AvgIpc) is 2.85. The zero-order valence-corrected chi connectivity index (χ0v) is 15.3. The van der Waals surface area contributed by atoms with Crippen molar-refractivity contribution in [3.05, 3.63) is 34.5 Å². The van der Waals surface area contributed by atoms with Gasteiger partial charge in [-0.05, 0) is 73.8 Å². The molecule has 1 amide bonds. The number of thiocarbonyl (C=S) groups is 1. The second kappa shape index (κ2) is 6.93. The van der Waals surface area contributed by atoms with Gasteiger partial charge in [0.1, 0.15) is 11.4 Å². The van der Waals surface area contributed by atoms with Crippen molar-refractivity contribution in [3.63, 3.8) is 0 Å². The number of rotatable bonds is 3. The minimum Gasteiger partial charge on any atom is -0.496 e. The molecule has 128 valence electrons. The van der Waals surface area contributed by atoms with Crippen molar-refractivity contribution in [3.8, 4) is 5.75 Å². The van der Waals surface area contributed by atoms with Crippen LogP contribution < -0.4 is 10.1 Å². The lowest BCUT2D eigenvalue weighted by atomic mass is 9.94. The minimum atomic E-state index is -0.000212. The predicted molar refractivity (Wildman–Crippen MR) is 99.9 cm³/mol. The van der Waals surface area contributed by atoms with E-state index in [1.807, 2.05) is 32.1 Å². The number of carbonyl (C=O) groups is 1. The van der Waals surface area contributed by atoms with Crippen LogP contribution in [-0.4, -0.2) is 29.1 Å². The third-order valence-electron chi connectivity index (χ3n) is 4.93. The number of aryl methyl sites for hydroxylation is 2. The van der Waals surface area contributed by atoms with Gasteiger partial charge in [0.15, 0.2) is 5.11 Å². The maximum atomic E-state index is 12.8. The molecule has 1 N–H and O–H groups in total. The summed E-state index contributed by atoms with van der Waals surface area (Å²) in [5.74, 6) is 0.861. The first-order valence-corrected chi connectivity index (χ1v) is 8.93. The smallest absolute Gasteiger partial charge is 0.276 e. The summed E-state index contributed by atoms with van der Waals surface area (Å²) in [6.45, 7) is 4.02. The van der Waals surface area contributed by atoms with Crippen LogP contribution in [0.25, 0.3) is 6.08 Å². The highest BCUT2D eigenvalue weighted by Gasteiger charge is 2.36. The first-order valence-electron chi connectivity index (χ1n) is 8.52. The van der Waals surface area contributed by atoms with Gasteiger partial charge in [0, 0.05) is 6.04 Å². The molecular formula is C19H24N2O2S. The Kier molecular flexibility index (Phi) is 4.90. The average molecular weight is 344 g/mol. The molecule has 1 aromatic rings. The standard InChI is InChI=1S/C19H24N2O2S/c1-12-10-17(23-3)13(2)9-14(12)11-16-18(22)21(19(24)20-16)15-7-5-4-6-8-15/h9-11,15H,4-8H2,1-3H3,(H,20,24)/b16-11-. The van der Waals surface area contributed by atoms with Gasteiger partial charge in [-0.2, -0.15) is 0 Å². The SMILES string of the molecule is COc1cc(C)c(/C=C2\NC(=S)N(C3CCCCC3)C2=O)cc1C. The zero-order chi connectivity index (χ0) is 17.3. The topological polar surface area (TPSA) is 41.6 Å². The molecule has 0 aromatic heterocycles. The second-order valence-corrected chi connectivity index (χ2v) is 7.02. The number of carbonyl (C=O) groups excluding carboxylic acids is 1. The van der Waals surface area contributed by atoms with Crippen molar-refractivity contribution in [1.82, 2.24) is 10.2 Å². The fourth-order valence-corrected chi connectivity index (χ4v) is 3.90. The van der Waals surface area contributed by atoms with Gasteiger partial charge in [0.05, 0.1) is 7.11 Å². The summed E-state index contributed by atoms with van der Waals surface area (Å²) in [6.07, 6.45) is 7.59. The van der Waals surface area contributed by atoms with Crippen LogP contribution in [-0.2, 0) is 4.79 Å². The highest BCUT2D eigenvalue weighted by molar-refractivity contribution is 7.80. The first-order chi connectivity index (χ1) is 11.5. The molecule has 3 rings (SSSR count). The number of benzene rings is 1. The zero-order valence-electron chi connectivity index (χ0n) is 14.5. The molecule has 1 aliphatic heterocycles. The lowest BCUT2D eigenvalue weighted by Crippen LogP contribution is -2.41. The number of hydrogen-bond donors (Lipinski definition) is 1. The highest BCUT2D eigenvalue weighted by atomic mass is 32.1. The molecule has 1 saturated heterocycles.